The average molecular weight is 517 g/mol. The number of rotatable bonds is 10. The van der Waals surface area contributed by atoms with Crippen LogP contribution in [0.4, 0.5) is 17.5 Å². The van der Waals surface area contributed by atoms with Gasteiger partial charge in [-0.25, -0.2) is 15.0 Å². The maximum absolute atomic E-state index is 13.1. The second-order valence-electron chi connectivity index (χ2n) is 9.81. The van der Waals surface area contributed by atoms with Crippen LogP contribution in [-0.4, -0.2) is 63.8 Å². The molecular formula is C27H32N8O3. The van der Waals surface area contributed by atoms with Crippen molar-refractivity contribution >= 4 is 35.1 Å². The summed E-state index contributed by atoms with van der Waals surface area (Å²) in [5, 5.41) is 8.30. The molecule has 1 saturated carbocycles. The zero-order valence-electron chi connectivity index (χ0n) is 21.8. The summed E-state index contributed by atoms with van der Waals surface area (Å²) in [7, 11) is 1.63. The Morgan fingerprint density at radius 1 is 1.11 bits per heavy atom. The third-order valence-corrected chi connectivity index (χ3v) is 7.23. The zero-order valence-corrected chi connectivity index (χ0v) is 21.8. The molecule has 38 heavy (non-hydrogen) atoms. The number of aromatic nitrogens is 4. The molecule has 1 saturated heterocycles. The highest BCUT2D eigenvalue weighted by Crippen LogP contribution is 2.45. The predicted molar refractivity (Wildman–Crippen MR) is 144 cm³/mol. The van der Waals surface area contributed by atoms with Crippen LogP contribution in [0.5, 0.6) is 0 Å². The molecule has 2 aliphatic rings. The topological polar surface area (TPSA) is 134 Å². The molecule has 198 valence electrons. The van der Waals surface area contributed by atoms with Crippen molar-refractivity contribution in [3.8, 4) is 11.3 Å². The summed E-state index contributed by atoms with van der Waals surface area (Å²) in [4.78, 5) is 53.4. The summed E-state index contributed by atoms with van der Waals surface area (Å²) in [6.45, 7) is 5.48. The molecule has 0 spiro atoms. The fraction of sp³-hybridized carbons (Fsp3) is 0.407. The van der Waals surface area contributed by atoms with E-state index >= 15 is 0 Å². The van der Waals surface area contributed by atoms with E-state index in [9.17, 15) is 14.4 Å². The van der Waals surface area contributed by atoms with Crippen molar-refractivity contribution in [1.29, 1.82) is 0 Å². The van der Waals surface area contributed by atoms with Gasteiger partial charge in [0.05, 0.1) is 18.6 Å². The van der Waals surface area contributed by atoms with Gasteiger partial charge in [-0.2, -0.15) is 0 Å². The minimum absolute atomic E-state index is 0.0874. The van der Waals surface area contributed by atoms with Gasteiger partial charge in [0.1, 0.15) is 17.7 Å². The minimum atomic E-state index is -0.773. The highest BCUT2D eigenvalue weighted by molar-refractivity contribution is 6.00. The van der Waals surface area contributed by atoms with Crippen molar-refractivity contribution in [2.24, 2.45) is 11.8 Å². The Morgan fingerprint density at radius 2 is 1.89 bits per heavy atom. The molecule has 11 nitrogen and oxygen atoms in total. The number of carbonyl (C=O) groups is 3. The molecule has 4 heterocycles. The van der Waals surface area contributed by atoms with E-state index in [1.54, 1.807) is 27.0 Å². The molecule has 1 aliphatic heterocycles. The first-order valence-electron chi connectivity index (χ1n) is 12.9. The van der Waals surface area contributed by atoms with Gasteiger partial charge < -0.3 is 25.4 Å². The molecule has 2 fully saturated rings. The molecule has 0 radical (unpaired) electrons. The summed E-state index contributed by atoms with van der Waals surface area (Å²) in [6.07, 6.45) is 4.91. The van der Waals surface area contributed by atoms with Crippen LogP contribution < -0.4 is 20.9 Å². The molecule has 0 bridgehead atoms. The summed E-state index contributed by atoms with van der Waals surface area (Å²) in [5.41, 5.74) is 1.72. The van der Waals surface area contributed by atoms with Crippen LogP contribution in [0.2, 0.25) is 0 Å². The molecule has 1 aliphatic carbocycles. The molecule has 11 heteroatoms. The normalized spacial score (nSPS) is 18.4. The molecular weight excluding hydrogens is 484 g/mol. The van der Waals surface area contributed by atoms with E-state index in [0.717, 1.165) is 36.3 Å². The van der Waals surface area contributed by atoms with Crippen molar-refractivity contribution in [2.75, 3.05) is 42.2 Å². The SMILES string of the molecule is CCC(=O)CNC(=O)c1c(NC)ncn1[C@@H](C)C(=O)Nc1cccc(-c2ccc(N3CC4CC4C3)nc2)n1. The van der Waals surface area contributed by atoms with Crippen molar-refractivity contribution in [3.05, 3.63) is 48.5 Å². The van der Waals surface area contributed by atoms with E-state index < -0.39 is 11.9 Å². The van der Waals surface area contributed by atoms with Gasteiger partial charge in [0.25, 0.3) is 5.91 Å². The summed E-state index contributed by atoms with van der Waals surface area (Å²) < 4.78 is 1.47. The maximum atomic E-state index is 13.1. The van der Waals surface area contributed by atoms with Crippen LogP contribution in [0.3, 0.4) is 0 Å². The van der Waals surface area contributed by atoms with Gasteiger partial charge in [-0.15, -0.1) is 0 Å². The Morgan fingerprint density at radius 3 is 2.58 bits per heavy atom. The van der Waals surface area contributed by atoms with Crippen molar-refractivity contribution in [1.82, 2.24) is 24.8 Å². The van der Waals surface area contributed by atoms with Gasteiger partial charge in [0.15, 0.2) is 17.3 Å². The van der Waals surface area contributed by atoms with Crippen molar-refractivity contribution in [3.63, 3.8) is 0 Å². The molecule has 0 aromatic carbocycles. The Hall–Kier alpha value is -4.28. The Kier molecular flexibility index (Phi) is 7.08. The zero-order chi connectivity index (χ0) is 26.8. The summed E-state index contributed by atoms with van der Waals surface area (Å²) in [5.74, 6) is 2.41. The number of hydrogen-bond donors (Lipinski definition) is 3. The molecule has 3 aromatic rings. The fourth-order valence-corrected chi connectivity index (χ4v) is 4.78. The van der Waals surface area contributed by atoms with Crippen molar-refractivity contribution in [2.45, 2.75) is 32.7 Å². The van der Waals surface area contributed by atoms with Gasteiger partial charge in [-0.3, -0.25) is 14.4 Å². The number of Topliss-reactive ketones (excluding diaryl/α,β-unsaturated/α-hetero) is 1. The first-order chi connectivity index (χ1) is 18.4. The average Bonchev–Trinajstić information content (AvgIpc) is 3.33. The Bertz CT molecular complexity index is 1340. The van der Waals surface area contributed by atoms with Gasteiger partial charge in [0, 0.05) is 38.3 Å². The number of fused-ring (bicyclic) bond motifs is 1. The number of ketones is 1. The van der Waals surface area contributed by atoms with E-state index in [0.29, 0.717) is 23.8 Å². The fourth-order valence-electron chi connectivity index (χ4n) is 4.78. The third-order valence-electron chi connectivity index (χ3n) is 7.23. The first-order valence-corrected chi connectivity index (χ1v) is 12.9. The third kappa shape index (κ3) is 5.22. The minimum Gasteiger partial charge on any atom is -0.371 e. The van der Waals surface area contributed by atoms with Crippen LogP contribution >= 0.6 is 0 Å². The second kappa shape index (κ2) is 10.6. The molecule has 3 aromatic heterocycles. The summed E-state index contributed by atoms with van der Waals surface area (Å²) in [6, 6.07) is 8.66. The highest BCUT2D eigenvalue weighted by Gasteiger charge is 2.45. The highest BCUT2D eigenvalue weighted by atomic mass is 16.2. The van der Waals surface area contributed by atoms with Crippen LogP contribution in [0.1, 0.15) is 43.2 Å². The van der Waals surface area contributed by atoms with E-state index in [4.69, 9.17) is 0 Å². The molecule has 2 unspecified atom stereocenters. The van der Waals surface area contributed by atoms with Gasteiger partial charge >= 0.3 is 0 Å². The largest absolute Gasteiger partial charge is 0.371 e. The second-order valence-corrected chi connectivity index (χ2v) is 9.81. The van der Waals surface area contributed by atoms with Crippen LogP contribution in [0.25, 0.3) is 11.3 Å². The lowest BCUT2D eigenvalue weighted by Gasteiger charge is -2.19. The lowest BCUT2D eigenvalue weighted by Crippen LogP contribution is -2.33. The van der Waals surface area contributed by atoms with Crippen molar-refractivity contribution < 1.29 is 14.4 Å². The van der Waals surface area contributed by atoms with E-state index in [1.165, 1.54) is 17.3 Å². The standard InChI is InChI=1S/C27H32N8O3/c1-4-20(36)12-30-27(38)24-25(28-3)31-15-35(24)16(2)26(37)33-22-7-5-6-21(32-22)17-8-9-23(29-11-17)34-13-18-10-19(18)14-34/h5-9,11,15-16,18-19,28H,4,10,12-14H2,1-3H3,(H,30,38)(H,32,33,37)/t16-,18?,19?/m0/s1. The van der Waals surface area contributed by atoms with Crippen LogP contribution in [0.15, 0.2) is 42.9 Å². The smallest absolute Gasteiger partial charge is 0.272 e. The Labute approximate surface area is 221 Å². The molecule has 2 amide bonds. The number of amides is 2. The van der Waals surface area contributed by atoms with Gasteiger partial charge in [-0.05, 0) is 49.4 Å². The number of imidazole rings is 1. The molecule has 3 atom stereocenters. The van der Waals surface area contributed by atoms with Crippen LogP contribution in [-0.2, 0) is 9.59 Å². The van der Waals surface area contributed by atoms with E-state index in [1.807, 2.05) is 30.5 Å². The predicted octanol–water partition coefficient (Wildman–Crippen LogP) is 2.75. The van der Waals surface area contributed by atoms with Gasteiger partial charge in [-0.1, -0.05) is 13.0 Å². The monoisotopic (exact) mass is 516 g/mol. The number of piperidine rings is 1. The quantitative estimate of drug-likeness (QED) is 0.375. The molecule has 5 rings (SSSR count). The number of nitrogens with zero attached hydrogens (tertiary/aromatic N) is 5. The lowest BCUT2D eigenvalue weighted by atomic mass is 10.2. The number of carbonyl (C=O) groups excluding carboxylic acids is 3. The van der Waals surface area contributed by atoms with E-state index in [2.05, 4.69) is 35.8 Å². The van der Waals surface area contributed by atoms with E-state index in [-0.39, 0.29) is 23.9 Å². The number of anilines is 3. The number of hydrogen-bond acceptors (Lipinski definition) is 8. The first kappa shape index (κ1) is 25.4. The number of pyridine rings is 2. The molecule has 3 N–H and O–H groups in total. The lowest BCUT2D eigenvalue weighted by molar-refractivity contribution is -0.119. The summed E-state index contributed by atoms with van der Waals surface area (Å²) >= 11 is 0. The van der Waals surface area contributed by atoms with Gasteiger partial charge in [0.2, 0.25) is 5.91 Å². The number of nitrogens with one attached hydrogen (secondary N) is 3. The Balaban J connectivity index is 1.27. The van der Waals surface area contributed by atoms with Crippen LogP contribution in [0, 0.1) is 11.8 Å². The maximum Gasteiger partial charge on any atom is 0.272 e.